The lowest BCUT2D eigenvalue weighted by molar-refractivity contribution is -0.131. The smallest absolute Gasteiger partial charge is 0.408 e. The number of oxazole rings is 1. The number of hydrogen-bond donors (Lipinski definition) is 0. The van der Waals surface area contributed by atoms with E-state index in [-0.39, 0.29) is 12.5 Å². The Balaban J connectivity index is 1.76. The molecule has 1 aliphatic heterocycles. The van der Waals surface area contributed by atoms with Crippen LogP contribution < -0.4 is 5.76 Å². The van der Waals surface area contributed by atoms with Crippen LogP contribution in [0.3, 0.4) is 0 Å². The predicted octanol–water partition coefficient (Wildman–Crippen LogP) is 1.85. The molecule has 2 heterocycles. The summed E-state index contributed by atoms with van der Waals surface area (Å²) in [5.41, 5.74) is 2.25. The highest BCUT2D eigenvalue weighted by atomic mass is 16.4. The van der Waals surface area contributed by atoms with Crippen molar-refractivity contribution in [2.24, 2.45) is 0 Å². The quantitative estimate of drug-likeness (QED) is 0.861. The zero-order valence-corrected chi connectivity index (χ0v) is 14.6. The zero-order valence-electron chi connectivity index (χ0n) is 14.6. The highest BCUT2D eigenvalue weighted by Crippen LogP contribution is 2.17. The molecule has 130 valence electrons. The van der Waals surface area contributed by atoms with E-state index in [0.717, 1.165) is 37.9 Å². The second kappa shape index (κ2) is 6.81. The van der Waals surface area contributed by atoms with Crippen LogP contribution in [0.5, 0.6) is 0 Å². The Morgan fingerprint density at radius 1 is 1.29 bits per heavy atom. The summed E-state index contributed by atoms with van der Waals surface area (Å²) in [6.45, 7) is 3.50. The monoisotopic (exact) mass is 331 g/mol. The third kappa shape index (κ3) is 3.38. The molecule has 0 N–H and O–H groups in total. The SMILES string of the molecule is Cc1ccc2oc(=O)n(CC(=O)N3CCCC(N(C)C)CC3)c2c1. The molecule has 1 atom stereocenters. The number of benzene rings is 1. The van der Waals surface area contributed by atoms with Crippen LogP contribution in [0.4, 0.5) is 0 Å². The first-order valence-corrected chi connectivity index (χ1v) is 8.50. The van der Waals surface area contributed by atoms with Gasteiger partial charge in [0.2, 0.25) is 5.91 Å². The lowest BCUT2D eigenvalue weighted by atomic mass is 10.1. The van der Waals surface area contributed by atoms with Gasteiger partial charge in [-0.1, -0.05) is 6.07 Å². The van der Waals surface area contributed by atoms with E-state index in [0.29, 0.717) is 17.1 Å². The molecule has 1 unspecified atom stereocenters. The van der Waals surface area contributed by atoms with Crippen LogP contribution >= 0.6 is 0 Å². The Labute approximate surface area is 141 Å². The number of amides is 1. The van der Waals surface area contributed by atoms with Crippen molar-refractivity contribution in [1.29, 1.82) is 0 Å². The fourth-order valence-electron chi connectivity index (χ4n) is 3.40. The number of likely N-dealkylation sites (tertiary alicyclic amines) is 1. The maximum absolute atomic E-state index is 12.7. The maximum atomic E-state index is 12.7. The summed E-state index contributed by atoms with van der Waals surface area (Å²) in [6.07, 6.45) is 3.07. The van der Waals surface area contributed by atoms with E-state index in [1.807, 2.05) is 24.0 Å². The molecule has 0 saturated carbocycles. The average molecular weight is 331 g/mol. The molecule has 1 aromatic heterocycles. The van der Waals surface area contributed by atoms with Crippen molar-refractivity contribution in [3.63, 3.8) is 0 Å². The summed E-state index contributed by atoms with van der Waals surface area (Å²) in [7, 11) is 4.17. The van der Waals surface area contributed by atoms with Crippen LogP contribution in [-0.2, 0) is 11.3 Å². The molecule has 0 radical (unpaired) electrons. The highest BCUT2D eigenvalue weighted by Gasteiger charge is 2.23. The molecular formula is C18H25N3O3. The number of fused-ring (bicyclic) bond motifs is 1. The van der Waals surface area contributed by atoms with Gasteiger partial charge in [0, 0.05) is 19.1 Å². The molecule has 1 amide bonds. The van der Waals surface area contributed by atoms with Crippen LogP contribution in [0.2, 0.25) is 0 Å². The first-order valence-electron chi connectivity index (χ1n) is 8.50. The Morgan fingerprint density at radius 2 is 2.08 bits per heavy atom. The van der Waals surface area contributed by atoms with Gasteiger partial charge in [0.1, 0.15) is 6.54 Å². The number of carbonyl (C=O) groups excluding carboxylic acids is 1. The second-order valence-corrected chi connectivity index (χ2v) is 6.85. The summed E-state index contributed by atoms with van der Waals surface area (Å²) in [6, 6.07) is 6.08. The van der Waals surface area contributed by atoms with E-state index in [9.17, 15) is 9.59 Å². The molecular weight excluding hydrogens is 306 g/mol. The third-order valence-electron chi connectivity index (χ3n) is 4.90. The molecule has 6 nitrogen and oxygen atoms in total. The Morgan fingerprint density at radius 3 is 2.83 bits per heavy atom. The van der Waals surface area contributed by atoms with Crippen molar-refractivity contribution in [1.82, 2.24) is 14.4 Å². The number of carbonyl (C=O) groups is 1. The van der Waals surface area contributed by atoms with Crippen molar-refractivity contribution >= 4 is 17.0 Å². The topological polar surface area (TPSA) is 58.7 Å². The van der Waals surface area contributed by atoms with Crippen LogP contribution in [0.15, 0.2) is 27.4 Å². The summed E-state index contributed by atoms with van der Waals surface area (Å²) < 4.78 is 6.69. The number of hydrogen-bond acceptors (Lipinski definition) is 4. The normalized spacial score (nSPS) is 19.0. The Kier molecular flexibility index (Phi) is 4.76. The third-order valence-corrected chi connectivity index (χ3v) is 4.90. The van der Waals surface area contributed by atoms with E-state index in [4.69, 9.17) is 4.42 Å². The highest BCUT2D eigenvalue weighted by molar-refractivity contribution is 5.80. The van der Waals surface area contributed by atoms with Crippen molar-refractivity contribution in [3.8, 4) is 0 Å². The van der Waals surface area contributed by atoms with E-state index < -0.39 is 5.76 Å². The Hall–Kier alpha value is -2.08. The lowest BCUT2D eigenvalue weighted by Crippen LogP contribution is -2.37. The number of nitrogens with zero attached hydrogens (tertiary/aromatic N) is 3. The van der Waals surface area contributed by atoms with Crippen LogP contribution in [0.1, 0.15) is 24.8 Å². The fourth-order valence-corrected chi connectivity index (χ4v) is 3.40. The minimum atomic E-state index is -0.468. The fraction of sp³-hybridized carbons (Fsp3) is 0.556. The van der Waals surface area contributed by atoms with Gasteiger partial charge in [0.25, 0.3) is 0 Å². The molecule has 3 rings (SSSR count). The van der Waals surface area contributed by atoms with Gasteiger partial charge in [0.05, 0.1) is 5.52 Å². The molecule has 1 saturated heterocycles. The molecule has 0 spiro atoms. The van der Waals surface area contributed by atoms with E-state index in [1.54, 1.807) is 6.07 Å². The molecule has 0 aliphatic carbocycles. The predicted molar refractivity (Wildman–Crippen MR) is 93.1 cm³/mol. The molecule has 1 aromatic carbocycles. The minimum Gasteiger partial charge on any atom is -0.408 e. The summed E-state index contributed by atoms with van der Waals surface area (Å²) in [5, 5.41) is 0. The molecule has 1 aliphatic rings. The van der Waals surface area contributed by atoms with Crippen LogP contribution in [0.25, 0.3) is 11.1 Å². The lowest BCUT2D eigenvalue weighted by Gasteiger charge is -2.23. The van der Waals surface area contributed by atoms with E-state index in [2.05, 4.69) is 19.0 Å². The minimum absolute atomic E-state index is 0.0132. The van der Waals surface area contributed by atoms with Gasteiger partial charge in [0.15, 0.2) is 5.58 Å². The first kappa shape index (κ1) is 16.8. The molecule has 2 aromatic rings. The van der Waals surface area contributed by atoms with Crippen LogP contribution in [0, 0.1) is 6.92 Å². The van der Waals surface area contributed by atoms with Crippen LogP contribution in [-0.4, -0.2) is 53.5 Å². The van der Waals surface area contributed by atoms with Crippen molar-refractivity contribution < 1.29 is 9.21 Å². The van der Waals surface area contributed by atoms with Crippen molar-refractivity contribution in [2.75, 3.05) is 27.2 Å². The van der Waals surface area contributed by atoms with Gasteiger partial charge in [-0.05, 0) is 58.0 Å². The first-order chi connectivity index (χ1) is 11.5. The van der Waals surface area contributed by atoms with Gasteiger partial charge in [-0.3, -0.25) is 9.36 Å². The summed E-state index contributed by atoms with van der Waals surface area (Å²) in [4.78, 5) is 28.9. The molecule has 6 heteroatoms. The standard InChI is InChI=1S/C18H25N3O3/c1-13-6-7-16-15(11-13)21(18(23)24-16)12-17(22)20-9-4-5-14(8-10-20)19(2)3/h6-7,11,14H,4-5,8-10,12H2,1-3H3. The van der Waals surface area contributed by atoms with Crippen molar-refractivity contribution in [3.05, 3.63) is 34.3 Å². The molecule has 24 heavy (non-hydrogen) atoms. The summed E-state index contributed by atoms with van der Waals surface area (Å²) >= 11 is 0. The average Bonchev–Trinajstić information content (AvgIpc) is 2.73. The maximum Gasteiger partial charge on any atom is 0.420 e. The van der Waals surface area contributed by atoms with E-state index >= 15 is 0 Å². The van der Waals surface area contributed by atoms with Gasteiger partial charge in [-0.2, -0.15) is 0 Å². The number of aromatic nitrogens is 1. The Bertz CT molecular complexity index is 790. The molecule has 1 fully saturated rings. The van der Waals surface area contributed by atoms with Gasteiger partial charge < -0.3 is 14.2 Å². The van der Waals surface area contributed by atoms with Gasteiger partial charge in [-0.25, -0.2) is 4.79 Å². The van der Waals surface area contributed by atoms with Crippen molar-refractivity contribution in [2.45, 2.75) is 38.8 Å². The van der Waals surface area contributed by atoms with E-state index in [1.165, 1.54) is 4.57 Å². The summed E-state index contributed by atoms with van der Waals surface area (Å²) in [5.74, 6) is -0.481. The van der Waals surface area contributed by atoms with Gasteiger partial charge >= 0.3 is 5.76 Å². The number of aryl methyl sites for hydroxylation is 1. The molecule has 0 bridgehead atoms. The van der Waals surface area contributed by atoms with Gasteiger partial charge in [-0.15, -0.1) is 0 Å². The second-order valence-electron chi connectivity index (χ2n) is 6.85. The number of rotatable bonds is 3. The largest absolute Gasteiger partial charge is 0.420 e. The zero-order chi connectivity index (χ0) is 17.3.